The van der Waals surface area contributed by atoms with E-state index in [-0.39, 0.29) is 6.54 Å². The summed E-state index contributed by atoms with van der Waals surface area (Å²) >= 11 is 2.09. The second-order valence-electron chi connectivity index (χ2n) is 4.67. The molecule has 1 rings (SSSR count). The topological polar surface area (TPSA) is 68.3 Å². The third-order valence-electron chi connectivity index (χ3n) is 1.80. The maximum Gasteiger partial charge on any atom is 0.407 e. The minimum atomic E-state index is -0.531. The number of aromatic nitrogens is 1. The van der Waals surface area contributed by atoms with Crippen molar-refractivity contribution in [2.75, 3.05) is 0 Å². The number of carbonyl (C=O) groups excluding carboxylic acids is 2. The van der Waals surface area contributed by atoms with Gasteiger partial charge in [-0.05, 0) is 55.5 Å². The zero-order valence-electron chi connectivity index (χ0n) is 10.5. The van der Waals surface area contributed by atoms with Crippen LogP contribution in [0.1, 0.15) is 37.0 Å². The Morgan fingerprint density at radius 1 is 1.50 bits per heavy atom. The first kappa shape index (κ1) is 14.9. The van der Waals surface area contributed by atoms with Crippen molar-refractivity contribution in [2.24, 2.45) is 0 Å². The van der Waals surface area contributed by atoms with Crippen molar-refractivity contribution < 1.29 is 14.3 Å². The van der Waals surface area contributed by atoms with Gasteiger partial charge in [-0.3, -0.25) is 4.79 Å². The summed E-state index contributed by atoms with van der Waals surface area (Å²) in [6.07, 6.45) is 0.176. The molecule has 0 aliphatic carbocycles. The molecule has 1 N–H and O–H groups in total. The van der Waals surface area contributed by atoms with Crippen LogP contribution in [-0.2, 0) is 11.3 Å². The second kappa shape index (κ2) is 6.12. The molecule has 1 heterocycles. The van der Waals surface area contributed by atoms with Gasteiger partial charge < -0.3 is 10.1 Å². The minimum Gasteiger partial charge on any atom is -0.444 e. The third kappa shape index (κ3) is 5.44. The highest BCUT2D eigenvalue weighted by Crippen LogP contribution is 2.09. The van der Waals surface area contributed by atoms with E-state index in [0.717, 1.165) is 3.57 Å². The molecule has 0 unspecified atom stereocenters. The Labute approximate surface area is 119 Å². The summed E-state index contributed by atoms with van der Waals surface area (Å²) in [7, 11) is 0. The smallest absolute Gasteiger partial charge is 0.407 e. The lowest BCUT2D eigenvalue weighted by Gasteiger charge is -2.19. The number of alkyl carbamates (subject to hydrolysis) is 1. The predicted octanol–water partition coefficient (Wildman–Crippen LogP) is 2.52. The van der Waals surface area contributed by atoms with Gasteiger partial charge in [0.25, 0.3) is 0 Å². The van der Waals surface area contributed by atoms with E-state index < -0.39 is 11.7 Å². The Balaban J connectivity index is 2.61. The highest BCUT2D eigenvalue weighted by Gasteiger charge is 2.15. The normalized spacial score (nSPS) is 10.9. The molecule has 0 saturated heterocycles. The number of halogens is 1. The summed E-state index contributed by atoms with van der Waals surface area (Å²) in [5, 5.41) is 2.59. The number of amides is 1. The van der Waals surface area contributed by atoms with Crippen molar-refractivity contribution >= 4 is 35.0 Å². The highest BCUT2D eigenvalue weighted by molar-refractivity contribution is 14.1. The Kier molecular flexibility index (Phi) is 5.06. The number of hydrogen-bond donors (Lipinski definition) is 1. The van der Waals surface area contributed by atoms with Gasteiger partial charge in [-0.2, -0.15) is 0 Å². The molecule has 0 aliphatic rings. The van der Waals surface area contributed by atoms with Gasteiger partial charge in [0.2, 0.25) is 0 Å². The molecule has 6 heteroatoms. The number of nitrogens with zero attached hydrogens (tertiary/aromatic N) is 1. The maximum atomic E-state index is 11.4. The van der Waals surface area contributed by atoms with Gasteiger partial charge in [-0.15, -0.1) is 0 Å². The van der Waals surface area contributed by atoms with E-state index >= 15 is 0 Å². The lowest BCUT2D eigenvalue weighted by Crippen LogP contribution is -2.32. The van der Waals surface area contributed by atoms with E-state index in [4.69, 9.17) is 4.74 Å². The van der Waals surface area contributed by atoms with Gasteiger partial charge >= 0.3 is 6.09 Å². The van der Waals surface area contributed by atoms with Crippen molar-refractivity contribution in [3.8, 4) is 0 Å². The molecule has 0 fully saturated rings. The fourth-order valence-electron chi connectivity index (χ4n) is 1.20. The molecule has 98 valence electrons. The second-order valence-corrected chi connectivity index (χ2v) is 5.92. The molecule has 0 aliphatic heterocycles. The Hall–Kier alpha value is -1.18. The molecule has 0 saturated carbocycles. The number of rotatable bonds is 3. The molecule has 0 bridgehead atoms. The first-order valence-corrected chi connectivity index (χ1v) is 6.46. The maximum absolute atomic E-state index is 11.4. The van der Waals surface area contributed by atoms with Gasteiger partial charge in [0.1, 0.15) is 11.3 Å². The Bertz CT molecular complexity index is 455. The average molecular weight is 362 g/mol. The van der Waals surface area contributed by atoms with Crippen molar-refractivity contribution in [3.63, 3.8) is 0 Å². The SMILES string of the molecule is CC(C)(C)OC(=O)NCc1cc(I)cc(C=O)n1. The fraction of sp³-hybridized carbons (Fsp3) is 0.417. The van der Waals surface area contributed by atoms with Crippen LogP contribution in [0.25, 0.3) is 0 Å². The highest BCUT2D eigenvalue weighted by atomic mass is 127. The zero-order chi connectivity index (χ0) is 13.8. The van der Waals surface area contributed by atoms with Crippen molar-refractivity contribution in [1.82, 2.24) is 10.3 Å². The molecule has 1 amide bonds. The van der Waals surface area contributed by atoms with Gasteiger partial charge in [0, 0.05) is 3.57 Å². The fourth-order valence-corrected chi connectivity index (χ4v) is 1.88. The number of hydrogen-bond acceptors (Lipinski definition) is 4. The van der Waals surface area contributed by atoms with Gasteiger partial charge in [0.05, 0.1) is 12.2 Å². The number of carbonyl (C=O) groups is 2. The summed E-state index contributed by atoms with van der Waals surface area (Å²) in [5.74, 6) is 0. The largest absolute Gasteiger partial charge is 0.444 e. The summed E-state index contributed by atoms with van der Waals surface area (Å²) in [4.78, 5) is 26.2. The number of ether oxygens (including phenoxy) is 1. The lowest BCUT2D eigenvalue weighted by atomic mass is 10.2. The summed E-state index contributed by atoms with van der Waals surface area (Å²) in [6.45, 7) is 5.61. The lowest BCUT2D eigenvalue weighted by molar-refractivity contribution is 0.0523. The molecule has 0 aromatic carbocycles. The van der Waals surface area contributed by atoms with Crippen LogP contribution in [0, 0.1) is 3.57 Å². The molecule has 0 spiro atoms. The molecule has 0 atom stereocenters. The minimum absolute atomic E-state index is 0.229. The summed E-state index contributed by atoms with van der Waals surface area (Å²) in [6, 6.07) is 3.47. The molecule has 5 nitrogen and oxygen atoms in total. The van der Waals surface area contributed by atoms with E-state index in [2.05, 4.69) is 32.9 Å². The molecular formula is C12H15IN2O3. The quantitative estimate of drug-likeness (QED) is 0.663. The molecule has 1 aromatic heterocycles. The Morgan fingerprint density at radius 3 is 2.72 bits per heavy atom. The molecule has 0 radical (unpaired) electrons. The van der Waals surface area contributed by atoms with Crippen LogP contribution < -0.4 is 5.32 Å². The van der Waals surface area contributed by atoms with Crippen LogP contribution in [-0.4, -0.2) is 23.0 Å². The van der Waals surface area contributed by atoms with E-state index in [9.17, 15) is 9.59 Å². The Morgan fingerprint density at radius 2 is 2.17 bits per heavy atom. The van der Waals surface area contributed by atoms with Crippen molar-refractivity contribution in [2.45, 2.75) is 32.9 Å². The molecule has 1 aromatic rings. The van der Waals surface area contributed by atoms with Crippen LogP contribution in [0.3, 0.4) is 0 Å². The standard InChI is InChI=1S/C12H15IN2O3/c1-12(2,3)18-11(17)14-6-9-4-8(13)5-10(7-16)15-9/h4-5,7H,6H2,1-3H3,(H,14,17). The van der Waals surface area contributed by atoms with Crippen LogP contribution >= 0.6 is 22.6 Å². The van der Waals surface area contributed by atoms with E-state index in [1.54, 1.807) is 32.9 Å². The first-order valence-electron chi connectivity index (χ1n) is 5.38. The third-order valence-corrected chi connectivity index (χ3v) is 2.42. The van der Waals surface area contributed by atoms with Gasteiger partial charge in [-0.25, -0.2) is 9.78 Å². The number of aldehydes is 1. The number of pyridine rings is 1. The zero-order valence-corrected chi connectivity index (χ0v) is 12.6. The first-order chi connectivity index (χ1) is 8.30. The molecular weight excluding hydrogens is 347 g/mol. The van der Waals surface area contributed by atoms with Crippen molar-refractivity contribution in [3.05, 3.63) is 27.1 Å². The van der Waals surface area contributed by atoms with Crippen LogP contribution in [0.4, 0.5) is 4.79 Å². The van der Waals surface area contributed by atoms with Crippen LogP contribution in [0.15, 0.2) is 12.1 Å². The van der Waals surface area contributed by atoms with Gasteiger partial charge in [-0.1, -0.05) is 0 Å². The van der Waals surface area contributed by atoms with E-state index in [1.807, 2.05) is 0 Å². The van der Waals surface area contributed by atoms with E-state index in [0.29, 0.717) is 17.7 Å². The predicted molar refractivity (Wildman–Crippen MR) is 75.4 cm³/mol. The van der Waals surface area contributed by atoms with E-state index in [1.165, 1.54) is 0 Å². The van der Waals surface area contributed by atoms with Gasteiger partial charge in [0.15, 0.2) is 6.29 Å². The van der Waals surface area contributed by atoms with Crippen LogP contribution in [0.5, 0.6) is 0 Å². The monoisotopic (exact) mass is 362 g/mol. The average Bonchev–Trinajstić information content (AvgIpc) is 2.23. The summed E-state index contributed by atoms with van der Waals surface area (Å²) in [5.41, 5.74) is 0.439. The summed E-state index contributed by atoms with van der Waals surface area (Å²) < 4.78 is 5.99. The van der Waals surface area contributed by atoms with Crippen LogP contribution in [0.2, 0.25) is 0 Å². The van der Waals surface area contributed by atoms with Crippen molar-refractivity contribution in [1.29, 1.82) is 0 Å². The number of nitrogens with one attached hydrogen (secondary N) is 1. The molecule has 18 heavy (non-hydrogen) atoms.